The van der Waals surface area contributed by atoms with Crippen LogP contribution in [0.4, 0.5) is 4.39 Å². The van der Waals surface area contributed by atoms with Gasteiger partial charge in [-0.25, -0.2) is 9.40 Å². The summed E-state index contributed by atoms with van der Waals surface area (Å²) in [5.74, 6) is -0.384. The Labute approximate surface area is 176 Å². The molecule has 0 aliphatic carbocycles. The summed E-state index contributed by atoms with van der Waals surface area (Å²) in [4.78, 5) is 20.4. The zero-order valence-electron chi connectivity index (χ0n) is 17.7. The molecule has 1 unspecified atom stereocenters. The number of hydrazine groups is 1. The van der Waals surface area contributed by atoms with E-state index in [-0.39, 0.29) is 18.3 Å². The molecule has 0 saturated carbocycles. The number of aliphatic hydroxyl groups is 1. The molecule has 0 radical (unpaired) electrons. The molecule has 3 aliphatic rings. The van der Waals surface area contributed by atoms with Crippen molar-refractivity contribution in [3.05, 3.63) is 58.7 Å². The SMILES string of the molecule is CC1=NCC(C)=C1CN1C=C(N2C(=O)CN(CCc3ccc(F)cc3)C2O)CN1C. The number of hydrogen-bond acceptors (Lipinski definition) is 6. The van der Waals surface area contributed by atoms with Crippen molar-refractivity contribution in [1.82, 2.24) is 19.8 Å². The molecule has 0 spiro atoms. The molecule has 0 aromatic heterocycles. The van der Waals surface area contributed by atoms with E-state index in [0.29, 0.717) is 26.1 Å². The maximum atomic E-state index is 13.1. The summed E-state index contributed by atoms with van der Waals surface area (Å²) in [5.41, 5.74) is 5.32. The highest BCUT2D eigenvalue weighted by atomic mass is 19.1. The number of rotatable bonds is 6. The van der Waals surface area contributed by atoms with E-state index in [4.69, 9.17) is 0 Å². The lowest BCUT2D eigenvalue weighted by Gasteiger charge is -2.26. The predicted molar refractivity (Wildman–Crippen MR) is 113 cm³/mol. The zero-order valence-corrected chi connectivity index (χ0v) is 17.7. The third kappa shape index (κ3) is 4.03. The van der Waals surface area contributed by atoms with Crippen LogP contribution in [-0.4, -0.2) is 82.7 Å². The molecule has 1 aromatic rings. The Morgan fingerprint density at radius 2 is 1.93 bits per heavy atom. The second kappa shape index (κ2) is 8.29. The summed E-state index contributed by atoms with van der Waals surface area (Å²) in [6.45, 7) is 6.82. The molecule has 1 atom stereocenters. The van der Waals surface area contributed by atoms with E-state index in [1.165, 1.54) is 28.2 Å². The number of benzene rings is 1. The molecule has 30 heavy (non-hydrogen) atoms. The van der Waals surface area contributed by atoms with Gasteiger partial charge in [0.2, 0.25) is 5.91 Å². The van der Waals surface area contributed by atoms with Crippen LogP contribution in [0, 0.1) is 5.82 Å². The molecule has 1 saturated heterocycles. The van der Waals surface area contributed by atoms with Crippen molar-refractivity contribution in [3.63, 3.8) is 0 Å². The quantitative estimate of drug-likeness (QED) is 0.767. The minimum absolute atomic E-state index is 0.114. The number of hydrogen-bond donors (Lipinski definition) is 1. The molecule has 8 heteroatoms. The standard InChI is InChI=1S/C22H28FN5O2/c1-15-10-24-16(2)20(15)13-27-12-19(11-25(27)3)28-21(29)14-26(22(28)30)9-8-17-4-6-18(23)7-5-17/h4-7,12,22,30H,8-11,13-14H2,1-3H3. The van der Waals surface area contributed by atoms with Crippen LogP contribution >= 0.6 is 0 Å². The minimum Gasteiger partial charge on any atom is -0.360 e. The highest BCUT2D eigenvalue weighted by Gasteiger charge is 2.40. The number of carbonyl (C=O) groups excluding carboxylic acids is 1. The lowest BCUT2D eigenvalue weighted by Crippen LogP contribution is -2.41. The second-order valence-corrected chi connectivity index (χ2v) is 8.15. The summed E-state index contributed by atoms with van der Waals surface area (Å²) in [5, 5.41) is 14.9. The topological polar surface area (TPSA) is 62.6 Å². The molecule has 1 fully saturated rings. The Morgan fingerprint density at radius 3 is 2.60 bits per heavy atom. The number of amides is 1. The number of halogens is 1. The van der Waals surface area contributed by atoms with Crippen molar-refractivity contribution in [1.29, 1.82) is 0 Å². The van der Waals surface area contributed by atoms with Gasteiger partial charge in [-0.15, -0.1) is 0 Å². The molecule has 1 aromatic carbocycles. The van der Waals surface area contributed by atoms with Gasteiger partial charge in [0.05, 0.1) is 31.9 Å². The molecular weight excluding hydrogens is 385 g/mol. The molecule has 1 amide bonds. The largest absolute Gasteiger partial charge is 0.360 e. The van der Waals surface area contributed by atoms with Crippen molar-refractivity contribution >= 4 is 11.6 Å². The molecule has 160 valence electrons. The Kier molecular flexibility index (Phi) is 5.73. The Bertz CT molecular complexity index is 924. The normalized spacial score (nSPS) is 23.1. The molecular formula is C22H28FN5O2. The summed E-state index contributed by atoms with van der Waals surface area (Å²) in [7, 11) is 1.97. The van der Waals surface area contributed by atoms with Gasteiger partial charge in [-0.1, -0.05) is 12.1 Å². The van der Waals surface area contributed by atoms with Crippen molar-refractivity contribution in [2.75, 3.05) is 39.8 Å². The van der Waals surface area contributed by atoms with Crippen LogP contribution in [0.2, 0.25) is 0 Å². The summed E-state index contributed by atoms with van der Waals surface area (Å²) in [6, 6.07) is 6.31. The minimum atomic E-state index is -0.992. The van der Waals surface area contributed by atoms with Crippen molar-refractivity contribution in [2.45, 2.75) is 26.6 Å². The van der Waals surface area contributed by atoms with Gasteiger partial charge in [-0.05, 0) is 49.1 Å². The van der Waals surface area contributed by atoms with Gasteiger partial charge in [-0.2, -0.15) is 0 Å². The lowest BCUT2D eigenvalue weighted by molar-refractivity contribution is -0.131. The van der Waals surface area contributed by atoms with Crippen LogP contribution in [0.15, 0.2) is 52.3 Å². The smallest absolute Gasteiger partial charge is 0.244 e. The average Bonchev–Trinajstić information content (AvgIpc) is 3.32. The second-order valence-electron chi connectivity index (χ2n) is 8.15. The van der Waals surface area contributed by atoms with Gasteiger partial charge in [-0.3, -0.25) is 19.6 Å². The third-order valence-corrected chi connectivity index (χ3v) is 6.03. The highest BCUT2D eigenvalue weighted by Crippen LogP contribution is 2.26. The number of carbonyl (C=O) groups is 1. The van der Waals surface area contributed by atoms with Crippen LogP contribution in [0.1, 0.15) is 19.4 Å². The number of nitrogens with zero attached hydrogens (tertiary/aromatic N) is 5. The van der Waals surface area contributed by atoms with E-state index < -0.39 is 6.35 Å². The van der Waals surface area contributed by atoms with Crippen LogP contribution in [0.3, 0.4) is 0 Å². The third-order valence-electron chi connectivity index (χ3n) is 6.03. The van der Waals surface area contributed by atoms with Gasteiger partial charge >= 0.3 is 0 Å². The van der Waals surface area contributed by atoms with E-state index in [9.17, 15) is 14.3 Å². The van der Waals surface area contributed by atoms with E-state index in [1.54, 1.807) is 17.0 Å². The first-order chi connectivity index (χ1) is 14.3. The molecule has 4 rings (SSSR count). The molecule has 0 bridgehead atoms. The van der Waals surface area contributed by atoms with E-state index in [1.807, 2.05) is 25.2 Å². The first-order valence-corrected chi connectivity index (χ1v) is 10.2. The van der Waals surface area contributed by atoms with Crippen molar-refractivity contribution in [3.8, 4) is 0 Å². The molecule has 3 aliphatic heterocycles. The van der Waals surface area contributed by atoms with E-state index >= 15 is 0 Å². The van der Waals surface area contributed by atoms with Gasteiger partial charge < -0.3 is 10.1 Å². The molecule has 1 N–H and O–H groups in total. The summed E-state index contributed by atoms with van der Waals surface area (Å²) in [6.07, 6.45) is 1.58. The first kappa shape index (κ1) is 20.7. The Hall–Kier alpha value is -2.55. The summed E-state index contributed by atoms with van der Waals surface area (Å²) >= 11 is 0. The van der Waals surface area contributed by atoms with Crippen LogP contribution in [-0.2, 0) is 11.2 Å². The van der Waals surface area contributed by atoms with Gasteiger partial charge in [0.15, 0.2) is 6.35 Å². The number of likely N-dealkylation sites (N-methyl/N-ethyl adjacent to an activating group) is 1. The van der Waals surface area contributed by atoms with Crippen LogP contribution < -0.4 is 0 Å². The fraction of sp³-hybridized carbons (Fsp3) is 0.455. The number of aliphatic imine (C=N–C) groups is 1. The fourth-order valence-electron chi connectivity index (χ4n) is 4.14. The molecule has 7 nitrogen and oxygen atoms in total. The monoisotopic (exact) mass is 413 g/mol. The molecule has 3 heterocycles. The van der Waals surface area contributed by atoms with E-state index in [2.05, 4.69) is 16.9 Å². The maximum absolute atomic E-state index is 13.1. The van der Waals surface area contributed by atoms with Crippen molar-refractivity contribution < 1.29 is 14.3 Å². The zero-order chi connectivity index (χ0) is 21.4. The number of aliphatic hydroxyl groups excluding tert-OH is 1. The fourth-order valence-corrected chi connectivity index (χ4v) is 4.14. The van der Waals surface area contributed by atoms with Gasteiger partial charge in [0.1, 0.15) is 5.82 Å². The Balaban J connectivity index is 1.42. The van der Waals surface area contributed by atoms with Crippen LogP contribution in [0.25, 0.3) is 0 Å². The van der Waals surface area contributed by atoms with E-state index in [0.717, 1.165) is 23.5 Å². The average molecular weight is 413 g/mol. The van der Waals surface area contributed by atoms with Gasteiger partial charge in [0, 0.05) is 25.5 Å². The van der Waals surface area contributed by atoms with Crippen molar-refractivity contribution in [2.24, 2.45) is 4.99 Å². The maximum Gasteiger partial charge on any atom is 0.244 e. The highest BCUT2D eigenvalue weighted by molar-refractivity contribution is 6.01. The van der Waals surface area contributed by atoms with Gasteiger partial charge in [0.25, 0.3) is 0 Å². The predicted octanol–water partition coefficient (Wildman–Crippen LogP) is 1.58. The lowest BCUT2D eigenvalue weighted by atomic mass is 10.1. The first-order valence-electron chi connectivity index (χ1n) is 10.2. The van der Waals surface area contributed by atoms with Crippen LogP contribution in [0.5, 0.6) is 0 Å². The summed E-state index contributed by atoms with van der Waals surface area (Å²) < 4.78 is 13.1. The Morgan fingerprint density at radius 1 is 1.20 bits per heavy atom.